The number of methoxy groups -OCH3 is 1. The van der Waals surface area contributed by atoms with Crippen molar-refractivity contribution in [3.63, 3.8) is 0 Å². The predicted octanol–water partition coefficient (Wildman–Crippen LogP) is 3.63. The smallest absolute Gasteiger partial charge is 0.273 e. The number of sulfonamides is 1. The van der Waals surface area contributed by atoms with Crippen LogP contribution in [0.25, 0.3) is 0 Å². The van der Waals surface area contributed by atoms with E-state index in [1.165, 1.54) is 29.8 Å². The molecule has 21 heavy (non-hydrogen) atoms. The lowest BCUT2D eigenvalue weighted by atomic mass is 10.3. The number of nitrogens with zero attached hydrogens (tertiary/aromatic N) is 1. The summed E-state index contributed by atoms with van der Waals surface area (Å²) in [4.78, 5) is 0.865. The van der Waals surface area contributed by atoms with Crippen LogP contribution in [-0.4, -0.2) is 22.6 Å². The van der Waals surface area contributed by atoms with Gasteiger partial charge in [0.2, 0.25) is 0 Å². The zero-order valence-corrected chi connectivity index (χ0v) is 14.3. The second-order valence-electron chi connectivity index (χ2n) is 4.45. The maximum absolute atomic E-state index is 12.7. The van der Waals surface area contributed by atoms with Gasteiger partial charge in [-0.3, -0.25) is 4.31 Å². The van der Waals surface area contributed by atoms with E-state index in [4.69, 9.17) is 16.3 Å². The van der Waals surface area contributed by atoms with Crippen LogP contribution < -0.4 is 9.04 Å². The van der Waals surface area contributed by atoms with Crippen molar-refractivity contribution in [3.8, 4) is 5.75 Å². The number of aryl methyl sites for hydroxylation is 1. The van der Waals surface area contributed by atoms with Crippen LogP contribution in [0.1, 0.15) is 10.4 Å². The number of ether oxygens (including phenoxy) is 1. The average Bonchev–Trinajstić information content (AvgIpc) is 2.88. The fraction of sp³-hybridized carbons (Fsp3) is 0.286. The SMILES string of the molecule is COc1ccccc1N(C)S(=O)(=O)c1cc(C)c(CCl)s1. The van der Waals surface area contributed by atoms with Gasteiger partial charge in [-0.2, -0.15) is 0 Å². The minimum atomic E-state index is -3.62. The Kier molecular flexibility index (Phi) is 4.81. The van der Waals surface area contributed by atoms with Gasteiger partial charge in [0.15, 0.2) is 0 Å². The van der Waals surface area contributed by atoms with Crippen LogP contribution in [0.15, 0.2) is 34.5 Å². The molecule has 0 atom stereocenters. The van der Waals surface area contributed by atoms with Gasteiger partial charge in [-0.25, -0.2) is 8.42 Å². The van der Waals surface area contributed by atoms with Gasteiger partial charge < -0.3 is 4.74 Å². The molecule has 1 aromatic heterocycles. The summed E-state index contributed by atoms with van der Waals surface area (Å²) in [7, 11) is -0.593. The fourth-order valence-electron chi connectivity index (χ4n) is 1.90. The molecule has 0 unspecified atom stereocenters. The molecule has 0 N–H and O–H groups in total. The summed E-state index contributed by atoms with van der Waals surface area (Å²) in [6.07, 6.45) is 0. The minimum Gasteiger partial charge on any atom is -0.495 e. The van der Waals surface area contributed by atoms with Gasteiger partial charge in [0.25, 0.3) is 10.0 Å². The Labute approximate surface area is 134 Å². The summed E-state index contributed by atoms with van der Waals surface area (Å²) < 4.78 is 32.2. The lowest BCUT2D eigenvalue weighted by molar-refractivity contribution is 0.416. The first-order valence-corrected chi connectivity index (χ1v) is 8.98. The molecule has 1 aromatic carbocycles. The molecule has 0 aliphatic carbocycles. The van der Waals surface area contributed by atoms with E-state index < -0.39 is 10.0 Å². The number of para-hydroxylation sites is 2. The quantitative estimate of drug-likeness (QED) is 0.777. The maximum atomic E-state index is 12.7. The van der Waals surface area contributed by atoms with Gasteiger partial charge in [0.05, 0.1) is 18.7 Å². The molecule has 0 amide bonds. The normalized spacial score (nSPS) is 11.4. The zero-order chi connectivity index (χ0) is 15.6. The van der Waals surface area contributed by atoms with Gasteiger partial charge >= 0.3 is 0 Å². The molecule has 0 fully saturated rings. The Morgan fingerprint density at radius 2 is 2.00 bits per heavy atom. The highest BCUT2D eigenvalue weighted by Crippen LogP contribution is 2.34. The van der Waals surface area contributed by atoms with Crippen LogP contribution in [0.3, 0.4) is 0 Å². The third kappa shape index (κ3) is 3.02. The molecule has 0 aliphatic heterocycles. The van der Waals surface area contributed by atoms with Gasteiger partial charge in [0, 0.05) is 11.9 Å². The highest BCUT2D eigenvalue weighted by atomic mass is 35.5. The van der Waals surface area contributed by atoms with E-state index in [1.807, 2.05) is 6.92 Å². The number of thiophene rings is 1. The first-order valence-electron chi connectivity index (χ1n) is 6.19. The minimum absolute atomic E-state index is 0.282. The van der Waals surface area contributed by atoms with E-state index in [0.29, 0.717) is 17.3 Å². The molecule has 0 radical (unpaired) electrons. The average molecular weight is 346 g/mol. The van der Waals surface area contributed by atoms with Crippen molar-refractivity contribution in [2.75, 3.05) is 18.5 Å². The van der Waals surface area contributed by atoms with E-state index in [-0.39, 0.29) is 4.21 Å². The van der Waals surface area contributed by atoms with E-state index in [1.54, 1.807) is 30.3 Å². The van der Waals surface area contributed by atoms with Crippen molar-refractivity contribution in [2.45, 2.75) is 17.0 Å². The van der Waals surface area contributed by atoms with Crippen LogP contribution in [-0.2, 0) is 15.9 Å². The standard InChI is InChI=1S/C14H16ClNO3S2/c1-10-8-14(20-13(10)9-15)21(17,18)16(2)11-6-4-5-7-12(11)19-3/h4-8H,9H2,1-3H3. The Morgan fingerprint density at radius 3 is 2.57 bits per heavy atom. The number of rotatable bonds is 5. The molecule has 0 aliphatic rings. The van der Waals surface area contributed by atoms with Crippen LogP contribution in [0.2, 0.25) is 0 Å². The molecule has 0 saturated carbocycles. The number of hydrogen-bond donors (Lipinski definition) is 0. The zero-order valence-electron chi connectivity index (χ0n) is 12.0. The monoisotopic (exact) mass is 345 g/mol. The van der Waals surface area contributed by atoms with Crippen molar-refractivity contribution in [2.24, 2.45) is 0 Å². The number of halogens is 1. The lowest BCUT2D eigenvalue weighted by Crippen LogP contribution is -2.26. The van der Waals surface area contributed by atoms with Crippen molar-refractivity contribution in [1.82, 2.24) is 0 Å². The predicted molar refractivity (Wildman–Crippen MR) is 87.2 cm³/mol. The summed E-state index contributed by atoms with van der Waals surface area (Å²) in [6, 6.07) is 8.66. The summed E-state index contributed by atoms with van der Waals surface area (Å²) in [5.74, 6) is 0.819. The molecule has 2 aromatic rings. The number of benzene rings is 1. The van der Waals surface area contributed by atoms with Gasteiger partial charge in [-0.1, -0.05) is 12.1 Å². The van der Waals surface area contributed by atoms with Crippen LogP contribution in [0, 0.1) is 6.92 Å². The summed E-state index contributed by atoms with van der Waals surface area (Å²) in [5.41, 5.74) is 1.39. The molecule has 7 heteroatoms. The highest BCUT2D eigenvalue weighted by molar-refractivity contribution is 7.94. The molecule has 0 saturated heterocycles. The lowest BCUT2D eigenvalue weighted by Gasteiger charge is -2.20. The molecule has 0 bridgehead atoms. The first kappa shape index (κ1) is 16.1. The Hall–Kier alpha value is -1.24. The van der Waals surface area contributed by atoms with E-state index in [0.717, 1.165) is 10.4 Å². The number of anilines is 1. The van der Waals surface area contributed by atoms with E-state index >= 15 is 0 Å². The van der Waals surface area contributed by atoms with Crippen LogP contribution in [0.5, 0.6) is 5.75 Å². The summed E-state index contributed by atoms with van der Waals surface area (Å²) in [6.45, 7) is 1.86. The summed E-state index contributed by atoms with van der Waals surface area (Å²) >= 11 is 7.02. The van der Waals surface area contributed by atoms with Crippen molar-refractivity contribution >= 4 is 38.6 Å². The van der Waals surface area contributed by atoms with E-state index in [9.17, 15) is 8.42 Å². The molecular formula is C14H16ClNO3S2. The Morgan fingerprint density at radius 1 is 1.33 bits per heavy atom. The first-order chi connectivity index (χ1) is 9.91. The second-order valence-corrected chi connectivity index (χ2v) is 8.05. The maximum Gasteiger partial charge on any atom is 0.273 e. The topological polar surface area (TPSA) is 46.6 Å². The molecule has 4 nitrogen and oxygen atoms in total. The third-order valence-corrected chi connectivity index (χ3v) is 7.04. The molecular weight excluding hydrogens is 330 g/mol. The van der Waals surface area contributed by atoms with Gasteiger partial charge in [-0.15, -0.1) is 22.9 Å². The largest absolute Gasteiger partial charge is 0.495 e. The van der Waals surface area contributed by atoms with E-state index in [2.05, 4.69) is 0 Å². The second kappa shape index (κ2) is 6.25. The molecule has 1 heterocycles. The summed E-state index contributed by atoms with van der Waals surface area (Å²) in [5, 5.41) is 0. The molecule has 2 rings (SSSR count). The fourth-order valence-corrected chi connectivity index (χ4v) is 5.09. The van der Waals surface area contributed by atoms with Crippen LogP contribution >= 0.6 is 22.9 Å². The Bertz CT molecular complexity index is 740. The van der Waals surface area contributed by atoms with Gasteiger partial charge in [-0.05, 0) is 30.7 Å². The Balaban J connectivity index is 2.47. The van der Waals surface area contributed by atoms with Crippen LogP contribution in [0.4, 0.5) is 5.69 Å². The highest BCUT2D eigenvalue weighted by Gasteiger charge is 2.26. The third-order valence-electron chi connectivity index (χ3n) is 3.16. The van der Waals surface area contributed by atoms with Gasteiger partial charge in [0.1, 0.15) is 9.96 Å². The number of hydrogen-bond acceptors (Lipinski definition) is 4. The van der Waals surface area contributed by atoms with Crippen molar-refractivity contribution < 1.29 is 13.2 Å². The van der Waals surface area contributed by atoms with Crippen molar-refractivity contribution in [3.05, 3.63) is 40.8 Å². The molecule has 114 valence electrons. The van der Waals surface area contributed by atoms with Crippen molar-refractivity contribution in [1.29, 1.82) is 0 Å². The molecule has 0 spiro atoms. The number of alkyl halides is 1.